The Kier molecular flexibility index (Phi) is 5.61. The third-order valence-electron chi connectivity index (χ3n) is 2.34. The fourth-order valence-corrected chi connectivity index (χ4v) is 1.44. The highest BCUT2D eigenvalue weighted by Crippen LogP contribution is 2.12. The van der Waals surface area contributed by atoms with Crippen molar-refractivity contribution >= 4 is 11.6 Å². The van der Waals surface area contributed by atoms with Crippen LogP contribution in [0.15, 0.2) is 6.07 Å². The second-order valence-electron chi connectivity index (χ2n) is 3.83. The van der Waals surface area contributed by atoms with Gasteiger partial charge in [0.25, 0.3) is 0 Å². The smallest absolute Gasteiger partial charge is 0.133 e. The van der Waals surface area contributed by atoms with Crippen molar-refractivity contribution in [2.75, 3.05) is 24.2 Å². The van der Waals surface area contributed by atoms with Gasteiger partial charge in [-0.25, -0.2) is 9.97 Å². The van der Waals surface area contributed by atoms with Crippen molar-refractivity contribution in [2.24, 2.45) is 0 Å². The van der Waals surface area contributed by atoms with Crippen molar-refractivity contribution in [1.82, 2.24) is 9.97 Å². The summed E-state index contributed by atoms with van der Waals surface area (Å²) in [5.74, 6) is 2.72. The second-order valence-corrected chi connectivity index (χ2v) is 3.83. The monoisotopic (exact) mass is 222 g/mol. The van der Waals surface area contributed by atoms with Crippen LogP contribution in [0.3, 0.4) is 0 Å². The lowest BCUT2D eigenvalue weighted by atomic mass is 10.3. The summed E-state index contributed by atoms with van der Waals surface area (Å²) >= 11 is 0. The Morgan fingerprint density at radius 2 is 1.88 bits per heavy atom. The normalized spacial score (nSPS) is 10.2. The van der Waals surface area contributed by atoms with Gasteiger partial charge in [-0.1, -0.05) is 20.3 Å². The molecule has 2 N–H and O–H groups in total. The molecule has 16 heavy (non-hydrogen) atoms. The number of unbranched alkanes of at least 4 members (excludes halogenated alkanes) is 1. The van der Waals surface area contributed by atoms with Gasteiger partial charge in [-0.05, 0) is 12.8 Å². The molecular weight excluding hydrogens is 200 g/mol. The SMILES string of the molecule is CCCCNc1cc(NC)nc(CCC)n1. The molecule has 0 radical (unpaired) electrons. The maximum absolute atomic E-state index is 4.48. The minimum atomic E-state index is 0.887. The zero-order valence-corrected chi connectivity index (χ0v) is 10.5. The van der Waals surface area contributed by atoms with Crippen molar-refractivity contribution in [2.45, 2.75) is 39.5 Å². The Labute approximate surface area is 97.9 Å². The summed E-state index contributed by atoms with van der Waals surface area (Å²) in [6, 6.07) is 1.95. The first-order valence-corrected chi connectivity index (χ1v) is 6.09. The van der Waals surface area contributed by atoms with Crippen LogP contribution in [0.5, 0.6) is 0 Å². The van der Waals surface area contributed by atoms with E-state index in [0.717, 1.165) is 36.8 Å². The number of hydrogen-bond donors (Lipinski definition) is 2. The third-order valence-corrected chi connectivity index (χ3v) is 2.34. The molecule has 0 aliphatic rings. The van der Waals surface area contributed by atoms with Crippen LogP contribution in [0.4, 0.5) is 11.6 Å². The van der Waals surface area contributed by atoms with Gasteiger partial charge < -0.3 is 10.6 Å². The van der Waals surface area contributed by atoms with Gasteiger partial charge >= 0.3 is 0 Å². The summed E-state index contributed by atoms with van der Waals surface area (Å²) in [4.78, 5) is 8.89. The first kappa shape index (κ1) is 12.7. The van der Waals surface area contributed by atoms with Gasteiger partial charge in [0.2, 0.25) is 0 Å². The molecule has 0 saturated heterocycles. The highest BCUT2D eigenvalue weighted by molar-refractivity contribution is 5.47. The van der Waals surface area contributed by atoms with Crippen molar-refractivity contribution in [3.8, 4) is 0 Å². The molecule has 0 unspecified atom stereocenters. The number of nitrogens with one attached hydrogen (secondary N) is 2. The fraction of sp³-hybridized carbons (Fsp3) is 0.667. The number of anilines is 2. The van der Waals surface area contributed by atoms with Crippen LogP contribution in [0.1, 0.15) is 38.9 Å². The zero-order chi connectivity index (χ0) is 11.8. The van der Waals surface area contributed by atoms with Crippen molar-refractivity contribution in [1.29, 1.82) is 0 Å². The first-order valence-electron chi connectivity index (χ1n) is 6.09. The van der Waals surface area contributed by atoms with Gasteiger partial charge in [0.15, 0.2) is 0 Å². The quantitative estimate of drug-likeness (QED) is 0.696. The number of nitrogens with zero attached hydrogens (tertiary/aromatic N) is 2. The van der Waals surface area contributed by atoms with Crippen molar-refractivity contribution in [3.63, 3.8) is 0 Å². The van der Waals surface area contributed by atoms with E-state index in [9.17, 15) is 0 Å². The Balaban J connectivity index is 2.69. The predicted octanol–water partition coefficient (Wildman–Crippen LogP) is 2.68. The number of hydrogen-bond acceptors (Lipinski definition) is 4. The highest BCUT2D eigenvalue weighted by atomic mass is 15.1. The van der Waals surface area contributed by atoms with E-state index in [4.69, 9.17) is 0 Å². The predicted molar refractivity (Wildman–Crippen MR) is 69.0 cm³/mol. The highest BCUT2D eigenvalue weighted by Gasteiger charge is 2.02. The average Bonchev–Trinajstić information content (AvgIpc) is 2.29. The molecule has 0 atom stereocenters. The largest absolute Gasteiger partial charge is 0.373 e. The van der Waals surface area contributed by atoms with Crippen LogP contribution in [0, 0.1) is 0 Å². The molecule has 4 nitrogen and oxygen atoms in total. The number of aromatic nitrogens is 2. The Bertz CT molecular complexity index is 312. The van der Waals surface area contributed by atoms with Crippen molar-refractivity contribution < 1.29 is 0 Å². The molecule has 90 valence electrons. The van der Waals surface area contributed by atoms with Crippen LogP contribution in [0.2, 0.25) is 0 Å². The van der Waals surface area contributed by atoms with Gasteiger partial charge in [-0.15, -0.1) is 0 Å². The lowest BCUT2D eigenvalue weighted by Crippen LogP contribution is -2.07. The van der Waals surface area contributed by atoms with Gasteiger partial charge in [0.1, 0.15) is 17.5 Å². The van der Waals surface area contributed by atoms with Crippen LogP contribution in [-0.2, 0) is 6.42 Å². The van der Waals surface area contributed by atoms with Crippen LogP contribution < -0.4 is 10.6 Å². The molecule has 1 aromatic rings. The number of rotatable bonds is 7. The van der Waals surface area contributed by atoms with Gasteiger partial charge in [-0.3, -0.25) is 0 Å². The maximum atomic E-state index is 4.48. The minimum absolute atomic E-state index is 0.887. The summed E-state index contributed by atoms with van der Waals surface area (Å²) in [6.45, 7) is 5.30. The topological polar surface area (TPSA) is 49.8 Å². The molecule has 0 aliphatic carbocycles. The average molecular weight is 222 g/mol. The Hall–Kier alpha value is -1.32. The molecule has 0 aliphatic heterocycles. The first-order chi connectivity index (χ1) is 7.80. The van der Waals surface area contributed by atoms with E-state index in [0.29, 0.717) is 0 Å². The van der Waals surface area contributed by atoms with Gasteiger partial charge in [0, 0.05) is 26.1 Å². The molecule has 1 rings (SSSR count). The molecule has 4 heteroatoms. The lowest BCUT2D eigenvalue weighted by molar-refractivity contribution is 0.814. The van der Waals surface area contributed by atoms with E-state index in [-0.39, 0.29) is 0 Å². The molecule has 0 bridgehead atoms. The standard InChI is InChI=1S/C12H22N4/c1-4-6-8-14-12-9-11(13-3)15-10(16-12)7-5-2/h9H,4-8H2,1-3H3,(H2,13,14,15,16). The van der Waals surface area contributed by atoms with Crippen LogP contribution in [0.25, 0.3) is 0 Å². The van der Waals surface area contributed by atoms with E-state index in [2.05, 4.69) is 34.4 Å². The Morgan fingerprint density at radius 3 is 2.50 bits per heavy atom. The minimum Gasteiger partial charge on any atom is -0.373 e. The molecular formula is C12H22N4. The molecule has 0 aromatic carbocycles. The van der Waals surface area contributed by atoms with Crippen LogP contribution >= 0.6 is 0 Å². The summed E-state index contributed by atoms with van der Waals surface area (Å²) < 4.78 is 0. The molecule has 0 spiro atoms. The molecule has 1 aromatic heterocycles. The van der Waals surface area contributed by atoms with Gasteiger partial charge in [0.05, 0.1) is 0 Å². The summed E-state index contributed by atoms with van der Waals surface area (Å²) in [5.41, 5.74) is 0. The third kappa shape index (κ3) is 4.04. The van der Waals surface area contributed by atoms with Crippen molar-refractivity contribution in [3.05, 3.63) is 11.9 Å². The van der Waals surface area contributed by atoms with E-state index < -0.39 is 0 Å². The number of aryl methyl sites for hydroxylation is 1. The lowest BCUT2D eigenvalue weighted by Gasteiger charge is -2.08. The summed E-state index contributed by atoms with van der Waals surface area (Å²) in [6.07, 6.45) is 4.36. The van der Waals surface area contributed by atoms with Gasteiger partial charge in [-0.2, -0.15) is 0 Å². The maximum Gasteiger partial charge on any atom is 0.133 e. The van der Waals surface area contributed by atoms with E-state index in [1.54, 1.807) is 0 Å². The zero-order valence-electron chi connectivity index (χ0n) is 10.5. The molecule has 0 saturated carbocycles. The summed E-state index contributed by atoms with van der Waals surface area (Å²) in [7, 11) is 1.88. The second kappa shape index (κ2) is 7.04. The molecule has 0 fully saturated rings. The van der Waals surface area contributed by atoms with E-state index in [1.165, 1.54) is 12.8 Å². The Morgan fingerprint density at radius 1 is 1.12 bits per heavy atom. The molecule has 1 heterocycles. The molecule has 0 amide bonds. The van der Waals surface area contributed by atoms with Crippen LogP contribution in [-0.4, -0.2) is 23.6 Å². The van der Waals surface area contributed by atoms with E-state index >= 15 is 0 Å². The summed E-state index contributed by atoms with van der Waals surface area (Å²) in [5, 5.41) is 6.39. The fourth-order valence-electron chi connectivity index (χ4n) is 1.44. The van der Waals surface area contributed by atoms with E-state index in [1.807, 2.05) is 13.1 Å².